The van der Waals surface area contributed by atoms with Crippen molar-refractivity contribution in [2.75, 3.05) is 26.7 Å². The van der Waals surface area contributed by atoms with Crippen molar-refractivity contribution in [3.8, 4) is 5.75 Å². The van der Waals surface area contributed by atoms with Crippen LogP contribution in [0.1, 0.15) is 41.2 Å². The van der Waals surface area contributed by atoms with Gasteiger partial charge >= 0.3 is 0 Å². The first-order valence-corrected chi connectivity index (χ1v) is 9.26. The number of aliphatic hydroxyl groups excluding tert-OH is 1. The van der Waals surface area contributed by atoms with Crippen LogP contribution in [-0.4, -0.2) is 41.9 Å². The summed E-state index contributed by atoms with van der Waals surface area (Å²) in [6, 6.07) is 13.8. The van der Waals surface area contributed by atoms with Crippen molar-refractivity contribution in [1.82, 2.24) is 4.90 Å². The second-order valence-corrected chi connectivity index (χ2v) is 7.42. The maximum absolute atomic E-state index is 11.0. The van der Waals surface area contributed by atoms with Crippen molar-refractivity contribution in [1.29, 1.82) is 0 Å². The minimum absolute atomic E-state index is 0.499. The highest BCUT2D eigenvalue weighted by Crippen LogP contribution is 2.34. The number of piperidine rings is 1. The van der Waals surface area contributed by atoms with Gasteiger partial charge in [0, 0.05) is 19.6 Å². The second kappa shape index (κ2) is 7.78. The van der Waals surface area contributed by atoms with Crippen molar-refractivity contribution in [3.05, 3.63) is 64.7 Å². The number of hydrogen-bond donors (Lipinski definition) is 2. The van der Waals surface area contributed by atoms with Gasteiger partial charge in [-0.1, -0.05) is 30.3 Å². The van der Waals surface area contributed by atoms with Gasteiger partial charge in [0.25, 0.3) is 0 Å². The van der Waals surface area contributed by atoms with E-state index in [0.717, 1.165) is 30.0 Å². The third kappa shape index (κ3) is 4.09. The number of β-amino-alcohol motifs (C(OH)–C–C–N with tert-alkyl or cyclic N) is 1. The normalized spacial score (nSPS) is 18.5. The van der Waals surface area contributed by atoms with Crippen LogP contribution in [0, 0.1) is 13.8 Å². The number of likely N-dealkylation sites (tertiary alicyclic amines) is 1. The van der Waals surface area contributed by atoms with Crippen LogP contribution in [0.3, 0.4) is 0 Å². The van der Waals surface area contributed by atoms with Crippen LogP contribution in [0.15, 0.2) is 42.5 Å². The Bertz CT molecular complexity index is 734. The van der Waals surface area contributed by atoms with Crippen LogP contribution in [0.4, 0.5) is 0 Å². The fourth-order valence-corrected chi connectivity index (χ4v) is 3.62. The summed E-state index contributed by atoms with van der Waals surface area (Å²) >= 11 is 0. The summed E-state index contributed by atoms with van der Waals surface area (Å²) in [4.78, 5) is 2.23. The van der Waals surface area contributed by atoms with Gasteiger partial charge in [0.15, 0.2) is 0 Å². The summed E-state index contributed by atoms with van der Waals surface area (Å²) in [7, 11) is 1.64. The van der Waals surface area contributed by atoms with E-state index in [1.54, 1.807) is 7.11 Å². The molecular weight excluding hydrogens is 326 g/mol. The molecular formula is C22H29NO3. The first-order chi connectivity index (χ1) is 12.4. The monoisotopic (exact) mass is 355 g/mol. The third-order valence-electron chi connectivity index (χ3n) is 5.66. The molecule has 0 radical (unpaired) electrons. The van der Waals surface area contributed by atoms with Gasteiger partial charge in [0.05, 0.1) is 18.8 Å². The Kier molecular flexibility index (Phi) is 5.66. The molecule has 4 nitrogen and oxygen atoms in total. The Labute approximate surface area is 156 Å². The smallest absolute Gasteiger partial charge is 0.118 e. The van der Waals surface area contributed by atoms with Gasteiger partial charge in [-0.3, -0.25) is 0 Å². The van der Waals surface area contributed by atoms with E-state index in [9.17, 15) is 10.2 Å². The molecule has 0 aliphatic carbocycles. The summed E-state index contributed by atoms with van der Waals surface area (Å²) in [5.74, 6) is 0.797. The number of rotatable bonds is 5. The van der Waals surface area contributed by atoms with E-state index in [-0.39, 0.29) is 0 Å². The molecule has 1 aliphatic rings. The molecule has 2 aromatic carbocycles. The topological polar surface area (TPSA) is 52.9 Å². The maximum atomic E-state index is 11.0. The van der Waals surface area contributed by atoms with E-state index in [2.05, 4.69) is 30.9 Å². The lowest BCUT2D eigenvalue weighted by Gasteiger charge is -2.39. The largest absolute Gasteiger partial charge is 0.497 e. The summed E-state index contributed by atoms with van der Waals surface area (Å²) in [5, 5.41) is 21.6. The van der Waals surface area contributed by atoms with Crippen molar-refractivity contribution in [2.24, 2.45) is 0 Å². The van der Waals surface area contributed by atoms with E-state index >= 15 is 0 Å². The van der Waals surface area contributed by atoms with E-state index in [1.165, 1.54) is 11.1 Å². The molecule has 26 heavy (non-hydrogen) atoms. The summed E-state index contributed by atoms with van der Waals surface area (Å²) in [6.07, 6.45) is 0.833. The van der Waals surface area contributed by atoms with Gasteiger partial charge in [0.2, 0.25) is 0 Å². The van der Waals surface area contributed by atoms with Crippen LogP contribution in [-0.2, 0) is 5.60 Å². The lowest BCUT2D eigenvalue weighted by Crippen LogP contribution is -2.43. The number of benzene rings is 2. The number of aryl methyl sites for hydroxylation is 2. The van der Waals surface area contributed by atoms with Gasteiger partial charge in [-0.2, -0.15) is 0 Å². The molecule has 1 aliphatic heterocycles. The number of methoxy groups -OCH3 is 1. The zero-order valence-corrected chi connectivity index (χ0v) is 15.9. The molecule has 1 atom stereocenters. The molecule has 0 amide bonds. The first-order valence-electron chi connectivity index (χ1n) is 9.26. The number of hydrogen-bond acceptors (Lipinski definition) is 4. The molecule has 1 unspecified atom stereocenters. The minimum Gasteiger partial charge on any atom is -0.497 e. The third-order valence-corrected chi connectivity index (χ3v) is 5.66. The predicted molar refractivity (Wildman–Crippen MR) is 103 cm³/mol. The van der Waals surface area contributed by atoms with Crippen LogP contribution < -0.4 is 4.74 Å². The standard InChI is InChI=1S/C22H29NO3/c1-16-4-5-18(14-17(16)2)21(24)15-23-12-10-22(25,11-13-23)19-6-8-20(26-3)9-7-19/h4-9,14,21,24-25H,10-13,15H2,1-3H3. The molecule has 4 heteroatoms. The lowest BCUT2D eigenvalue weighted by molar-refractivity contribution is -0.0345. The molecule has 0 saturated carbocycles. The number of nitrogens with zero attached hydrogens (tertiary/aromatic N) is 1. The average molecular weight is 355 g/mol. The van der Waals surface area contributed by atoms with Crippen LogP contribution >= 0.6 is 0 Å². The van der Waals surface area contributed by atoms with E-state index in [0.29, 0.717) is 19.4 Å². The van der Waals surface area contributed by atoms with Crippen molar-refractivity contribution in [2.45, 2.75) is 38.4 Å². The van der Waals surface area contributed by atoms with Crippen molar-refractivity contribution < 1.29 is 14.9 Å². The fraction of sp³-hybridized carbons (Fsp3) is 0.455. The summed E-state index contributed by atoms with van der Waals surface area (Å²) in [5.41, 5.74) is 3.54. The van der Waals surface area contributed by atoms with Crippen molar-refractivity contribution in [3.63, 3.8) is 0 Å². The van der Waals surface area contributed by atoms with Gasteiger partial charge in [0.1, 0.15) is 5.75 Å². The highest BCUT2D eigenvalue weighted by molar-refractivity contribution is 5.32. The maximum Gasteiger partial charge on any atom is 0.118 e. The van der Waals surface area contributed by atoms with Gasteiger partial charge < -0.3 is 19.8 Å². The van der Waals surface area contributed by atoms with Gasteiger partial charge in [-0.15, -0.1) is 0 Å². The zero-order valence-electron chi connectivity index (χ0n) is 15.9. The van der Waals surface area contributed by atoms with Gasteiger partial charge in [-0.05, 0) is 61.1 Å². The molecule has 3 rings (SSSR count). The first kappa shape index (κ1) is 18.9. The molecule has 1 fully saturated rings. The zero-order chi connectivity index (χ0) is 18.7. The number of aliphatic hydroxyl groups is 2. The van der Waals surface area contributed by atoms with Crippen LogP contribution in [0.5, 0.6) is 5.75 Å². The Morgan fingerprint density at radius 2 is 1.69 bits per heavy atom. The quantitative estimate of drug-likeness (QED) is 0.864. The molecule has 0 spiro atoms. The predicted octanol–water partition coefficient (Wildman–Crippen LogP) is 3.33. The second-order valence-electron chi connectivity index (χ2n) is 7.42. The Balaban J connectivity index is 1.59. The SMILES string of the molecule is COc1ccc(C2(O)CCN(CC(O)c3ccc(C)c(C)c3)CC2)cc1. The summed E-state index contributed by atoms with van der Waals surface area (Å²) in [6.45, 7) is 6.29. The van der Waals surface area contributed by atoms with Gasteiger partial charge in [-0.25, -0.2) is 0 Å². The minimum atomic E-state index is -0.797. The molecule has 1 saturated heterocycles. The highest BCUT2D eigenvalue weighted by atomic mass is 16.5. The van der Waals surface area contributed by atoms with Crippen molar-refractivity contribution >= 4 is 0 Å². The fourth-order valence-electron chi connectivity index (χ4n) is 3.62. The number of ether oxygens (including phenoxy) is 1. The molecule has 0 bridgehead atoms. The van der Waals surface area contributed by atoms with E-state index in [4.69, 9.17) is 4.74 Å². The molecule has 2 aromatic rings. The summed E-state index contributed by atoms with van der Waals surface area (Å²) < 4.78 is 5.19. The molecule has 2 N–H and O–H groups in total. The molecule has 140 valence electrons. The molecule has 0 aromatic heterocycles. The van der Waals surface area contributed by atoms with E-state index in [1.807, 2.05) is 30.3 Å². The lowest BCUT2D eigenvalue weighted by atomic mass is 9.84. The molecule has 1 heterocycles. The average Bonchev–Trinajstić information content (AvgIpc) is 2.66. The van der Waals surface area contributed by atoms with Crippen LogP contribution in [0.25, 0.3) is 0 Å². The Hall–Kier alpha value is -1.88. The Morgan fingerprint density at radius 1 is 1.04 bits per heavy atom. The highest BCUT2D eigenvalue weighted by Gasteiger charge is 2.34. The van der Waals surface area contributed by atoms with Crippen LogP contribution in [0.2, 0.25) is 0 Å². The Morgan fingerprint density at radius 3 is 2.27 bits per heavy atom. The van der Waals surface area contributed by atoms with E-state index < -0.39 is 11.7 Å².